The van der Waals surface area contributed by atoms with Crippen molar-refractivity contribution in [2.75, 3.05) is 18.0 Å². The Morgan fingerprint density at radius 2 is 2.08 bits per heavy atom. The molecule has 2 aromatic heterocycles. The number of nitrogens with zero attached hydrogens (tertiary/aromatic N) is 4. The first-order valence-corrected chi connectivity index (χ1v) is 10.1. The first kappa shape index (κ1) is 16.6. The number of aryl methyl sites for hydroxylation is 1. The zero-order valence-electron chi connectivity index (χ0n) is 14.0. The van der Waals surface area contributed by atoms with Crippen LogP contribution in [-0.2, 0) is 6.42 Å². The molecule has 1 saturated heterocycles. The lowest BCUT2D eigenvalue weighted by Crippen LogP contribution is -2.34. The summed E-state index contributed by atoms with van der Waals surface area (Å²) < 4.78 is 13.0. The van der Waals surface area contributed by atoms with Crippen LogP contribution in [0.2, 0.25) is 0 Å². The second-order valence-electron chi connectivity index (χ2n) is 6.39. The van der Waals surface area contributed by atoms with Crippen LogP contribution in [0.3, 0.4) is 0 Å². The van der Waals surface area contributed by atoms with E-state index in [0.717, 1.165) is 40.9 Å². The summed E-state index contributed by atoms with van der Waals surface area (Å²) in [4.78, 5) is 6.99. The maximum Gasteiger partial charge on any atom is 0.208 e. The average molecular weight is 375 g/mol. The third-order valence-corrected chi connectivity index (χ3v) is 6.51. The summed E-state index contributed by atoms with van der Waals surface area (Å²) in [6, 6.07) is 6.58. The second kappa shape index (κ2) is 7.17. The summed E-state index contributed by atoms with van der Waals surface area (Å²) in [7, 11) is 0. The van der Waals surface area contributed by atoms with Gasteiger partial charge in [0.2, 0.25) is 5.13 Å². The largest absolute Gasteiger partial charge is 0.346 e. The van der Waals surface area contributed by atoms with Crippen LogP contribution in [-0.4, -0.2) is 28.3 Å². The SMILES string of the molecule is Cc1csc(C2CCCN(c3nnc(Cc4ccc(F)cc4)s3)C2)n1. The molecule has 25 heavy (non-hydrogen) atoms. The van der Waals surface area contributed by atoms with Gasteiger partial charge in [-0.15, -0.1) is 21.5 Å². The fourth-order valence-electron chi connectivity index (χ4n) is 3.13. The molecule has 1 atom stereocenters. The highest BCUT2D eigenvalue weighted by Crippen LogP contribution is 2.33. The molecule has 0 radical (unpaired) electrons. The average Bonchev–Trinajstić information content (AvgIpc) is 3.26. The minimum Gasteiger partial charge on any atom is -0.346 e. The Balaban J connectivity index is 1.45. The monoisotopic (exact) mass is 374 g/mol. The summed E-state index contributed by atoms with van der Waals surface area (Å²) >= 11 is 3.39. The van der Waals surface area contributed by atoms with Crippen molar-refractivity contribution in [3.8, 4) is 0 Å². The van der Waals surface area contributed by atoms with Crippen LogP contribution in [0.5, 0.6) is 0 Å². The Morgan fingerprint density at radius 1 is 1.24 bits per heavy atom. The van der Waals surface area contributed by atoms with Crippen molar-refractivity contribution in [3.05, 3.63) is 56.7 Å². The molecule has 1 aliphatic heterocycles. The lowest BCUT2D eigenvalue weighted by molar-refractivity contribution is 0.506. The van der Waals surface area contributed by atoms with Gasteiger partial charge in [-0.05, 0) is 37.5 Å². The third-order valence-electron chi connectivity index (χ3n) is 4.40. The van der Waals surface area contributed by atoms with Gasteiger partial charge in [-0.1, -0.05) is 23.5 Å². The number of thiazole rings is 1. The molecule has 0 N–H and O–H groups in total. The van der Waals surface area contributed by atoms with Crippen LogP contribution in [0, 0.1) is 12.7 Å². The third kappa shape index (κ3) is 3.88. The van der Waals surface area contributed by atoms with E-state index < -0.39 is 0 Å². The van der Waals surface area contributed by atoms with E-state index in [4.69, 9.17) is 0 Å². The lowest BCUT2D eigenvalue weighted by Gasteiger charge is -2.31. The van der Waals surface area contributed by atoms with Crippen LogP contribution in [0.1, 0.15) is 40.0 Å². The number of hydrogen-bond donors (Lipinski definition) is 0. The van der Waals surface area contributed by atoms with Gasteiger partial charge < -0.3 is 4.90 Å². The van der Waals surface area contributed by atoms with E-state index in [9.17, 15) is 4.39 Å². The second-order valence-corrected chi connectivity index (χ2v) is 8.32. The van der Waals surface area contributed by atoms with E-state index in [0.29, 0.717) is 12.3 Å². The smallest absolute Gasteiger partial charge is 0.208 e. The standard InChI is InChI=1S/C18H19FN4S2/c1-12-11-24-17(20-12)14-3-2-8-23(10-14)18-22-21-16(25-18)9-13-4-6-15(19)7-5-13/h4-7,11,14H,2-3,8-10H2,1H3. The molecule has 7 heteroatoms. The Bertz CT molecular complexity index is 843. The highest BCUT2D eigenvalue weighted by Gasteiger charge is 2.25. The van der Waals surface area contributed by atoms with Crippen LogP contribution >= 0.6 is 22.7 Å². The van der Waals surface area contributed by atoms with Crippen molar-refractivity contribution in [1.82, 2.24) is 15.2 Å². The molecule has 3 heterocycles. The number of benzene rings is 1. The van der Waals surface area contributed by atoms with E-state index in [1.54, 1.807) is 34.8 Å². The molecule has 0 amide bonds. The van der Waals surface area contributed by atoms with Crippen molar-refractivity contribution in [2.24, 2.45) is 0 Å². The van der Waals surface area contributed by atoms with Gasteiger partial charge in [0.15, 0.2) is 0 Å². The number of anilines is 1. The first-order valence-electron chi connectivity index (χ1n) is 8.41. The Labute approximate surface area is 154 Å². The van der Waals surface area contributed by atoms with Crippen LogP contribution in [0.25, 0.3) is 0 Å². The predicted molar refractivity (Wildman–Crippen MR) is 100 cm³/mol. The summed E-state index contributed by atoms with van der Waals surface area (Å²) in [5.74, 6) is 0.274. The van der Waals surface area contributed by atoms with Crippen molar-refractivity contribution in [3.63, 3.8) is 0 Å². The maximum absolute atomic E-state index is 13.0. The van der Waals surface area contributed by atoms with E-state index in [-0.39, 0.29) is 5.82 Å². The Kier molecular flexibility index (Phi) is 4.76. The van der Waals surface area contributed by atoms with Crippen molar-refractivity contribution in [2.45, 2.75) is 32.1 Å². The minimum absolute atomic E-state index is 0.210. The number of hydrogen-bond acceptors (Lipinski definition) is 6. The van der Waals surface area contributed by atoms with Crippen LogP contribution < -0.4 is 4.90 Å². The zero-order valence-corrected chi connectivity index (χ0v) is 15.6. The number of halogens is 1. The number of rotatable bonds is 4. The molecule has 1 aliphatic rings. The van der Waals surface area contributed by atoms with Crippen LogP contribution in [0.15, 0.2) is 29.6 Å². The summed E-state index contributed by atoms with van der Waals surface area (Å²) in [5.41, 5.74) is 2.16. The normalized spacial score (nSPS) is 17.8. The fourth-order valence-corrected chi connectivity index (χ4v) is 4.97. The molecule has 1 fully saturated rings. The molecule has 1 aromatic carbocycles. The predicted octanol–water partition coefficient (Wildman–Crippen LogP) is 4.42. The molecular formula is C18H19FN4S2. The van der Waals surface area contributed by atoms with Gasteiger partial charge in [0, 0.05) is 36.5 Å². The molecule has 4 rings (SSSR count). The summed E-state index contributed by atoms with van der Waals surface area (Å²) in [5, 5.41) is 14.0. The molecule has 0 aliphatic carbocycles. The number of piperidine rings is 1. The molecule has 0 bridgehead atoms. The highest BCUT2D eigenvalue weighted by molar-refractivity contribution is 7.15. The molecule has 0 saturated carbocycles. The van der Waals surface area contributed by atoms with Gasteiger partial charge in [0.25, 0.3) is 0 Å². The van der Waals surface area contributed by atoms with Crippen molar-refractivity contribution < 1.29 is 4.39 Å². The topological polar surface area (TPSA) is 41.9 Å². The van der Waals surface area contributed by atoms with Crippen molar-refractivity contribution in [1.29, 1.82) is 0 Å². The van der Waals surface area contributed by atoms with E-state index in [1.807, 2.05) is 6.92 Å². The van der Waals surface area contributed by atoms with E-state index in [1.165, 1.54) is 23.6 Å². The molecule has 3 aromatic rings. The lowest BCUT2D eigenvalue weighted by atomic mass is 9.99. The van der Waals surface area contributed by atoms with E-state index in [2.05, 4.69) is 25.5 Å². The van der Waals surface area contributed by atoms with E-state index >= 15 is 0 Å². The molecular weight excluding hydrogens is 355 g/mol. The molecule has 0 spiro atoms. The maximum atomic E-state index is 13.0. The van der Waals surface area contributed by atoms with Gasteiger partial charge in [0.05, 0.1) is 5.01 Å². The van der Waals surface area contributed by atoms with Gasteiger partial charge in [-0.3, -0.25) is 0 Å². The summed E-state index contributed by atoms with van der Waals surface area (Å²) in [6.45, 7) is 4.03. The van der Waals surface area contributed by atoms with Gasteiger partial charge >= 0.3 is 0 Å². The highest BCUT2D eigenvalue weighted by atomic mass is 32.1. The number of aromatic nitrogens is 3. The minimum atomic E-state index is -0.210. The van der Waals surface area contributed by atoms with Gasteiger partial charge in [0.1, 0.15) is 10.8 Å². The van der Waals surface area contributed by atoms with Crippen LogP contribution in [0.4, 0.5) is 9.52 Å². The molecule has 1 unspecified atom stereocenters. The molecule has 130 valence electrons. The van der Waals surface area contributed by atoms with Gasteiger partial charge in [-0.2, -0.15) is 0 Å². The van der Waals surface area contributed by atoms with Crippen molar-refractivity contribution >= 4 is 27.8 Å². The fraction of sp³-hybridized carbons (Fsp3) is 0.389. The zero-order chi connectivity index (χ0) is 17.2. The first-order chi connectivity index (χ1) is 12.2. The summed E-state index contributed by atoms with van der Waals surface area (Å²) in [6.07, 6.45) is 3.03. The Morgan fingerprint density at radius 3 is 2.84 bits per heavy atom. The van der Waals surface area contributed by atoms with Gasteiger partial charge in [-0.25, -0.2) is 9.37 Å². The Hall–Kier alpha value is -1.86. The molecule has 4 nitrogen and oxygen atoms in total. The quantitative estimate of drug-likeness (QED) is 0.678.